The molecule has 0 aliphatic carbocycles. The Bertz CT molecular complexity index is 278. The second-order valence-electron chi connectivity index (χ2n) is 2.99. The molecule has 0 N–H and O–H groups in total. The monoisotopic (exact) mass is 166 g/mol. The highest BCUT2D eigenvalue weighted by Gasteiger charge is 2.12. The Morgan fingerprint density at radius 1 is 1.75 bits per heavy atom. The average molecular weight is 166 g/mol. The molecular weight excluding hydrogens is 152 g/mol. The van der Waals surface area contributed by atoms with E-state index in [1.54, 1.807) is 4.68 Å². The standard InChI is InChI=1S/C9H14N2O/c1-4-8(6-12)9-5-7(2)10-11(9)3/h5-6,8H,4H2,1-3H3. The summed E-state index contributed by atoms with van der Waals surface area (Å²) in [5, 5.41) is 4.19. The van der Waals surface area contributed by atoms with Crippen molar-refractivity contribution < 1.29 is 4.79 Å². The minimum Gasteiger partial charge on any atom is -0.303 e. The van der Waals surface area contributed by atoms with E-state index in [0.29, 0.717) is 0 Å². The molecule has 0 spiro atoms. The molecule has 0 aromatic carbocycles. The number of carbonyl (C=O) groups is 1. The van der Waals surface area contributed by atoms with E-state index in [2.05, 4.69) is 5.10 Å². The van der Waals surface area contributed by atoms with Gasteiger partial charge in [0.25, 0.3) is 0 Å². The van der Waals surface area contributed by atoms with Gasteiger partial charge in [0.1, 0.15) is 6.29 Å². The second-order valence-corrected chi connectivity index (χ2v) is 2.99. The van der Waals surface area contributed by atoms with E-state index in [-0.39, 0.29) is 5.92 Å². The molecule has 1 aromatic heterocycles. The van der Waals surface area contributed by atoms with Crippen molar-refractivity contribution in [2.75, 3.05) is 0 Å². The minimum atomic E-state index is -0.00352. The summed E-state index contributed by atoms with van der Waals surface area (Å²) in [4.78, 5) is 10.7. The number of aryl methyl sites for hydroxylation is 2. The lowest BCUT2D eigenvalue weighted by Crippen LogP contribution is -2.05. The van der Waals surface area contributed by atoms with Gasteiger partial charge in [-0.1, -0.05) is 6.92 Å². The predicted octanol–water partition coefficient (Wildman–Crippen LogP) is 1.42. The Morgan fingerprint density at radius 2 is 2.42 bits per heavy atom. The fourth-order valence-electron chi connectivity index (χ4n) is 1.35. The van der Waals surface area contributed by atoms with Crippen molar-refractivity contribution in [1.29, 1.82) is 0 Å². The summed E-state index contributed by atoms with van der Waals surface area (Å²) in [6.07, 6.45) is 1.82. The molecule has 1 rings (SSSR count). The molecule has 1 heterocycles. The van der Waals surface area contributed by atoms with Crippen molar-refractivity contribution in [1.82, 2.24) is 9.78 Å². The van der Waals surface area contributed by atoms with Crippen molar-refractivity contribution >= 4 is 6.29 Å². The van der Waals surface area contributed by atoms with Crippen LogP contribution in [0.1, 0.15) is 30.7 Å². The zero-order valence-electron chi connectivity index (χ0n) is 7.74. The third-order valence-electron chi connectivity index (χ3n) is 2.02. The van der Waals surface area contributed by atoms with Gasteiger partial charge in [-0.25, -0.2) is 0 Å². The molecule has 0 aliphatic rings. The smallest absolute Gasteiger partial charge is 0.129 e. The fraction of sp³-hybridized carbons (Fsp3) is 0.556. The van der Waals surface area contributed by atoms with Gasteiger partial charge in [0.05, 0.1) is 11.6 Å². The first kappa shape index (κ1) is 8.97. The summed E-state index contributed by atoms with van der Waals surface area (Å²) >= 11 is 0. The zero-order valence-corrected chi connectivity index (χ0v) is 7.74. The van der Waals surface area contributed by atoms with E-state index in [0.717, 1.165) is 24.1 Å². The van der Waals surface area contributed by atoms with Gasteiger partial charge in [-0.05, 0) is 19.4 Å². The molecule has 1 unspecified atom stereocenters. The second kappa shape index (κ2) is 3.52. The van der Waals surface area contributed by atoms with Crippen LogP contribution in [0, 0.1) is 6.92 Å². The lowest BCUT2D eigenvalue weighted by molar-refractivity contribution is -0.109. The summed E-state index contributed by atoms with van der Waals surface area (Å²) < 4.78 is 1.78. The van der Waals surface area contributed by atoms with Crippen molar-refractivity contribution in [3.8, 4) is 0 Å². The van der Waals surface area contributed by atoms with Crippen LogP contribution in [-0.2, 0) is 11.8 Å². The molecule has 0 amide bonds. The van der Waals surface area contributed by atoms with Gasteiger partial charge < -0.3 is 4.79 Å². The van der Waals surface area contributed by atoms with Gasteiger partial charge in [0, 0.05) is 12.7 Å². The largest absolute Gasteiger partial charge is 0.303 e. The third-order valence-corrected chi connectivity index (χ3v) is 2.02. The number of aromatic nitrogens is 2. The highest BCUT2D eigenvalue weighted by atomic mass is 16.1. The first-order valence-corrected chi connectivity index (χ1v) is 4.14. The maximum atomic E-state index is 10.7. The number of aldehydes is 1. The number of hydrogen-bond acceptors (Lipinski definition) is 2. The quantitative estimate of drug-likeness (QED) is 0.636. The molecule has 12 heavy (non-hydrogen) atoms. The molecular formula is C9H14N2O. The normalized spacial score (nSPS) is 12.9. The average Bonchev–Trinajstić information content (AvgIpc) is 2.34. The highest BCUT2D eigenvalue weighted by molar-refractivity contribution is 5.60. The van der Waals surface area contributed by atoms with Gasteiger partial charge in [-0.15, -0.1) is 0 Å². The fourth-order valence-corrected chi connectivity index (χ4v) is 1.35. The van der Waals surface area contributed by atoms with Gasteiger partial charge in [-0.3, -0.25) is 4.68 Å². The molecule has 0 saturated carbocycles. The molecule has 1 atom stereocenters. The summed E-state index contributed by atoms with van der Waals surface area (Å²) in [6, 6.07) is 1.96. The molecule has 0 fully saturated rings. The Balaban J connectivity index is 2.99. The van der Waals surface area contributed by atoms with E-state index in [1.165, 1.54) is 0 Å². The van der Waals surface area contributed by atoms with E-state index in [1.807, 2.05) is 27.0 Å². The predicted molar refractivity (Wildman–Crippen MR) is 47.0 cm³/mol. The number of rotatable bonds is 3. The third kappa shape index (κ3) is 1.55. The maximum absolute atomic E-state index is 10.7. The first-order valence-electron chi connectivity index (χ1n) is 4.14. The SMILES string of the molecule is CCC(C=O)c1cc(C)nn1C. The minimum absolute atomic E-state index is 0.00352. The Morgan fingerprint density at radius 3 is 2.75 bits per heavy atom. The van der Waals surface area contributed by atoms with E-state index in [9.17, 15) is 4.79 Å². The van der Waals surface area contributed by atoms with Gasteiger partial charge in [-0.2, -0.15) is 5.10 Å². The molecule has 66 valence electrons. The summed E-state index contributed by atoms with van der Waals surface area (Å²) in [6.45, 7) is 3.93. The van der Waals surface area contributed by atoms with Crippen molar-refractivity contribution in [2.45, 2.75) is 26.2 Å². The van der Waals surface area contributed by atoms with Crippen LogP contribution in [0.4, 0.5) is 0 Å². The van der Waals surface area contributed by atoms with E-state index < -0.39 is 0 Å². The molecule has 3 heteroatoms. The van der Waals surface area contributed by atoms with E-state index in [4.69, 9.17) is 0 Å². The molecule has 0 aliphatic heterocycles. The van der Waals surface area contributed by atoms with Crippen molar-refractivity contribution in [3.63, 3.8) is 0 Å². The molecule has 0 saturated heterocycles. The van der Waals surface area contributed by atoms with Crippen LogP contribution in [-0.4, -0.2) is 16.1 Å². The van der Waals surface area contributed by atoms with Crippen molar-refractivity contribution in [2.24, 2.45) is 7.05 Å². The van der Waals surface area contributed by atoms with Crippen molar-refractivity contribution in [3.05, 3.63) is 17.5 Å². The summed E-state index contributed by atoms with van der Waals surface area (Å²) in [5.74, 6) is -0.00352. The lowest BCUT2D eigenvalue weighted by atomic mass is 10.0. The topological polar surface area (TPSA) is 34.9 Å². The van der Waals surface area contributed by atoms with Gasteiger partial charge in [0.15, 0.2) is 0 Å². The van der Waals surface area contributed by atoms with Crippen LogP contribution < -0.4 is 0 Å². The molecule has 1 aromatic rings. The van der Waals surface area contributed by atoms with Crippen LogP contribution in [0.25, 0.3) is 0 Å². The van der Waals surface area contributed by atoms with E-state index >= 15 is 0 Å². The van der Waals surface area contributed by atoms with Crippen LogP contribution in [0.5, 0.6) is 0 Å². The highest BCUT2D eigenvalue weighted by Crippen LogP contribution is 2.16. The lowest BCUT2D eigenvalue weighted by Gasteiger charge is -2.06. The Kier molecular flexibility index (Phi) is 2.63. The van der Waals surface area contributed by atoms with Gasteiger partial charge >= 0.3 is 0 Å². The number of nitrogens with zero attached hydrogens (tertiary/aromatic N) is 2. The van der Waals surface area contributed by atoms with Crippen LogP contribution in [0.2, 0.25) is 0 Å². The van der Waals surface area contributed by atoms with Crippen LogP contribution in [0.15, 0.2) is 6.07 Å². The van der Waals surface area contributed by atoms with Crippen LogP contribution in [0.3, 0.4) is 0 Å². The zero-order chi connectivity index (χ0) is 9.14. The Labute approximate surface area is 72.4 Å². The number of hydrogen-bond donors (Lipinski definition) is 0. The number of carbonyl (C=O) groups excluding carboxylic acids is 1. The van der Waals surface area contributed by atoms with Crippen LogP contribution >= 0.6 is 0 Å². The maximum Gasteiger partial charge on any atom is 0.129 e. The molecule has 3 nitrogen and oxygen atoms in total. The molecule has 0 bridgehead atoms. The first-order chi connectivity index (χ1) is 5.69. The summed E-state index contributed by atoms with van der Waals surface area (Å²) in [7, 11) is 1.87. The molecule has 0 radical (unpaired) electrons. The van der Waals surface area contributed by atoms with Gasteiger partial charge in [0.2, 0.25) is 0 Å². The Hall–Kier alpha value is -1.12. The summed E-state index contributed by atoms with van der Waals surface area (Å²) in [5.41, 5.74) is 1.97.